The van der Waals surface area contributed by atoms with Crippen LogP contribution in [0.1, 0.15) is 10.5 Å². The Bertz CT molecular complexity index is 526. The lowest BCUT2D eigenvalue weighted by atomic mass is 10.2. The normalized spacial score (nSPS) is 15.8. The van der Waals surface area contributed by atoms with E-state index in [-0.39, 0.29) is 12.0 Å². The minimum atomic E-state index is -0.138. The molecule has 0 aromatic carbocycles. The van der Waals surface area contributed by atoms with Gasteiger partial charge in [0.1, 0.15) is 11.8 Å². The second kappa shape index (κ2) is 4.01. The van der Waals surface area contributed by atoms with Crippen molar-refractivity contribution in [3.63, 3.8) is 0 Å². The van der Waals surface area contributed by atoms with Crippen LogP contribution >= 0.6 is 11.3 Å². The molecule has 1 aliphatic rings. The van der Waals surface area contributed by atoms with Crippen LogP contribution in [0.3, 0.4) is 0 Å². The third-order valence-electron chi connectivity index (χ3n) is 2.65. The summed E-state index contributed by atoms with van der Waals surface area (Å²) in [4.78, 5) is 18.7. The maximum atomic E-state index is 11.4. The number of ether oxygens (including phenoxy) is 1. The molecule has 1 amide bonds. The van der Waals surface area contributed by atoms with Crippen LogP contribution in [0.25, 0.3) is 10.3 Å². The van der Waals surface area contributed by atoms with Crippen LogP contribution in [0.5, 0.6) is 5.19 Å². The summed E-state index contributed by atoms with van der Waals surface area (Å²) in [6.07, 6.45) is 0.226. The number of aromatic nitrogens is 2. The summed E-state index contributed by atoms with van der Waals surface area (Å²) < 4.78 is 6.58. The van der Waals surface area contributed by atoms with E-state index >= 15 is 0 Å². The topological polar surface area (TPSA) is 79.0 Å². The number of amides is 1. The van der Waals surface area contributed by atoms with Crippen molar-refractivity contribution < 1.29 is 9.53 Å². The largest absolute Gasteiger partial charge is 0.464 e. The first-order valence-electron chi connectivity index (χ1n) is 5.35. The Labute approximate surface area is 101 Å². The van der Waals surface area contributed by atoms with E-state index in [1.54, 1.807) is 13.1 Å². The molecule has 90 valence electrons. The van der Waals surface area contributed by atoms with Crippen molar-refractivity contribution >= 4 is 27.6 Å². The monoisotopic (exact) mass is 252 g/mol. The molecular formula is C10H12N4O2S. The van der Waals surface area contributed by atoms with Crippen molar-refractivity contribution in [2.75, 3.05) is 20.1 Å². The first-order valence-corrected chi connectivity index (χ1v) is 6.17. The van der Waals surface area contributed by atoms with Gasteiger partial charge in [-0.15, -0.1) is 0 Å². The molecule has 6 nitrogen and oxygen atoms in total. The molecular weight excluding hydrogens is 240 g/mol. The number of H-pyrrole nitrogens is 1. The molecule has 2 aromatic rings. The molecule has 0 spiro atoms. The van der Waals surface area contributed by atoms with Crippen molar-refractivity contribution in [3.05, 3.63) is 11.8 Å². The number of nitrogens with one attached hydrogen (secondary N) is 3. The Balaban J connectivity index is 1.82. The molecule has 3 N–H and O–H groups in total. The van der Waals surface area contributed by atoms with E-state index in [4.69, 9.17) is 4.74 Å². The SMILES string of the molecule is CNC(=O)c1cc2sc(OC3CNC3)nc2[nH]1. The zero-order valence-electron chi connectivity index (χ0n) is 9.24. The minimum Gasteiger partial charge on any atom is -0.464 e. The number of fused-ring (bicyclic) bond motifs is 1. The lowest BCUT2D eigenvalue weighted by molar-refractivity contribution is 0.0959. The molecule has 1 saturated heterocycles. The van der Waals surface area contributed by atoms with E-state index in [0.717, 1.165) is 17.8 Å². The second-order valence-electron chi connectivity index (χ2n) is 3.85. The van der Waals surface area contributed by atoms with E-state index in [1.165, 1.54) is 11.3 Å². The molecule has 7 heteroatoms. The molecule has 0 radical (unpaired) electrons. The summed E-state index contributed by atoms with van der Waals surface area (Å²) in [7, 11) is 1.60. The summed E-state index contributed by atoms with van der Waals surface area (Å²) >= 11 is 1.45. The van der Waals surface area contributed by atoms with Crippen LogP contribution in [-0.4, -0.2) is 42.1 Å². The molecule has 0 aliphatic carbocycles. The molecule has 0 bridgehead atoms. The molecule has 3 heterocycles. The van der Waals surface area contributed by atoms with Gasteiger partial charge in [0.05, 0.1) is 4.70 Å². The van der Waals surface area contributed by atoms with E-state index < -0.39 is 0 Å². The molecule has 3 rings (SSSR count). The number of hydrogen-bond acceptors (Lipinski definition) is 5. The van der Waals surface area contributed by atoms with Gasteiger partial charge in [0, 0.05) is 20.1 Å². The summed E-state index contributed by atoms with van der Waals surface area (Å²) in [5.74, 6) is -0.138. The van der Waals surface area contributed by atoms with Gasteiger partial charge in [-0.2, -0.15) is 4.98 Å². The van der Waals surface area contributed by atoms with Crippen molar-refractivity contribution in [2.45, 2.75) is 6.10 Å². The summed E-state index contributed by atoms with van der Waals surface area (Å²) in [5, 5.41) is 6.35. The van der Waals surface area contributed by atoms with Crippen LogP contribution in [-0.2, 0) is 0 Å². The molecule has 0 unspecified atom stereocenters. The number of thiazole rings is 1. The quantitative estimate of drug-likeness (QED) is 0.735. The van der Waals surface area contributed by atoms with Gasteiger partial charge >= 0.3 is 0 Å². The van der Waals surface area contributed by atoms with E-state index in [0.29, 0.717) is 16.5 Å². The number of aromatic amines is 1. The Hall–Kier alpha value is -1.60. The fraction of sp³-hybridized carbons (Fsp3) is 0.400. The highest BCUT2D eigenvalue weighted by Crippen LogP contribution is 2.29. The number of carbonyl (C=O) groups is 1. The van der Waals surface area contributed by atoms with Gasteiger partial charge in [-0.3, -0.25) is 4.79 Å². The molecule has 2 aromatic heterocycles. The first kappa shape index (κ1) is 10.5. The smallest absolute Gasteiger partial charge is 0.276 e. The molecule has 0 saturated carbocycles. The minimum absolute atomic E-state index is 0.138. The van der Waals surface area contributed by atoms with Crippen LogP contribution in [0.2, 0.25) is 0 Å². The lowest BCUT2D eigenvalue weighted by Gasteiger charge is -2.26. The van der Waals surface area contributed by atoms with Crippen molar-refractivity contribution in [1.82, 2.24) is 20.6 Å². The van der Waals surface area contributed by atoms with Gasteiger partial charge in [0.15, 0.2) is 5.65 Å². The highest BCUT2D eigenvalue weighted by Gasteiger charge is 2.20. The van der Waals surface area contributed by atoms with E-state index in [9.17, 15) is 4.79 Å². The molecule has 0 atom stereocenters. The third kappa shape index (κ3) is 1.87. The highest BCUT2D eigenvalue weighted by atomic mass is 32.1. The van der Waals surface area contributed by atoms with Crippen molar-refractivity contribution in [1.29, 1.82) is 0 Å². The first-order chi connectivity index (χ1) is 8.26. The zero-order chi connectivity index (χ0) is 11.8. The Morgan fingerprint density at radius 3 is 3.06 bits per heavy atom. The third-order valence-corrected chi connectivity index (χ3v) is 3.54. The predicted octanol–water partition coefficient (Wildman–Crippen LogP) is 0.335. The lowest BCUT2D eigenvalue weighted by Crippen LogP contribution is -2.50. The number of hydrogen-bond donors (Lipinski definition) is 3. The highest BCUT2D eigenvalue weighted by molar-refractivity contribution is 7.20. The Morgan fingerprint density at radius 2 is 2.47 bits per heavy atom. The Morgan fingerprint density at radius 1 is 1.65 bits per heavy atom. The number of carbonyl (C=O) groups excluding carboxylic acids is 1. The molecule has 17 heavy (non-hydrogen) atoms. The molecule has 1 fully saturated rings. The van der Waals surface area contributed by atoms with Crippen molar-refractivity contribution in [3.8, 4) is 5.19 Å². The average Bonchev–Trinajstić information content (AvgIpc) is 2.79. The van der Waals surface area contributed by atoms with E-state index in [1.807, 2.05) is 0 Å². The maximum Gasteiger partial charge on any atom is 0.276 e. The van der Waals surface area contributed by atoms with Gasteiger partial charge in [-0.1, -0.05) is 11.3 Å². The fourth-order valence-corrected chi connectivity index (χ4v) is 2.47. The average molecular weight is 252 g/mol. The fourth-order valence-electron chi connectivity index (χ4n) is 1.59. The predicted molar refractivity (Wildman–Crippen MR) is 64.6 cm³/mol. The zero-order valence-corrected chi connectivity index (χ0v) is 10.1. The van der Waals surface area contributed by atoms with Crippen LogP contribution in [0, 0.1) is 0 Å². The van der Waals surface area contributed by atoms with Crippen LogP contribution in [0.15, 0.2) is 6.07 Å². The van der Waals surface area contributed by atoms with Gasteiger partial charge < -0.3 is 20.4 Å². The Kier molecular flexibility index (Phi) is 2.49. The van der Waals surface area contributed by atoms with Gasteiger partial charge in [-0.25, -0.2) is 0 Å². The van der Waals surface area contributed by atoms with E-state index in [2.05, 4.69) is 20.6 Å². The second-order valence-corrected chi connectivity index (χ2v) is 4.85. The van der Waals surface area contributed by atoms with Gasteiger partial charge in [-0.05, 0) is 6.07 Å². The number of nitrogens with zero attached hydrogens (tertiary/aromatic N) is 1. The summed E-state index contributed by atoms with van der Waals surface area (Å²) in [5.41, 5.74) is 1.23. The van der Waals surface area contributed by atoms with Crippen LogP contribution < -0.4 is 15.4 Å². The number of rotatable bonds is 3. The van der Waals surface area contributed by atoms with Gasteiger partial charge in [0.25, 0.3) is 11.1 Å². The van der Waals surface area contributed by atoms with Crippen LogP contribution in [0.4, 0.5) is 0 Å². The van der Waals surface area contributed by atoms with Gasteiger partial charge in [0.2, 0.25) is 0 Å². The summed E-state index contributed by atoms with van der Waals surface area (Å²) in [6.45, 7) is 1.74. The molecule has 1 aliphatic heterocycles. The standard InChI is InChI=1S/C10H12N4O2S/c1-11-9(15)6-2-7-8(13-6)14-10(17-7)16-5-3-12-4-5/h2,5,12-13H,3-4H2,1H3,(H,11,15). The summed E-state index contributed by atoms with van der Waals surface area (Å²) in [6, 6.07) is 1.79. The maximum absolute atomic E-state index is 11.4. The van der Waals surface area contributed by atoms with Crippen molar-refractivity contribution in [2.24, 2.45) is 0 Å².